The second-order valence-corrected chi connectivity index (χ2v) is 3.36. The van der Waals surface area contributed by atoms with Crippen LogP contribution in [0.2, 0.25) is 0 Å². The smallest absolute Gasteiger partial charge is 0.323 e. The van der Waals surface area contributed by atoms with Crippen LogP contribution in [0.3, 0.4) is 0 Å². The zero-order valence-electron chi connectivity index (χ0n) is 7.09. The molecule has 0 aromatic carbocycles. The summed E-state index contributed by atoms with van der Waals surface area (Å²) in [7, 11) is 1.17. The molecule has 0 aromatic heterocycles. The van der Waals surface area contributed by atoms with Crippen LogP contribution < -0.4 is 0 Å². The fourth-order valence-corrected chi connectivity index (χ4v) is 1.32. The van der Waals surface area contributed by atoms with Gasteiger partial charge in [-0.2, -0.15) is 0 Å². The number of methoxy groups -OCH3 is 1. The summed E-state index contributed by atoms with van der Waals surface area (Å²) >= 11 is 0. The van der Waals surface area contributed by atoms with Gasteiger partial charge in [-0.1, -0.05) is 13.8 Å². The third-order valence-electron chi connectivity index (χ3n) is 1.91. The van der Waals surface area contributed by atoms with Crippen LogP contribution in [-0.4, -0.2) is 18.2 Å². The van der Waals surface area contributed by atoms with Gasteiger partial charge in [-0.15, -0.1) is 0 Å². The van der Waals surface area contributed by atoms with Crippen molar-refractivity contribution in [2.24, 2.45) is 0 Å². The SMILES string of the molecule is CCC(CC)(P=O)C(=O)OC. The molecule has 4 heteroatoms. The minimum Gasteiger partial charge on any atom is -0.468 e. The molecule has 0 saturated carbocycles. The molecular weight excluding hydrogens is 163 g/mol. The summed E-state index contributed by atoms with van der Waals surface area (Å²) < 4.78 is 15.2. The van der Waals surface area contributed by atoms with E-state index in [9.17, 15) is 9.36 Å². The molecule has 0 aromatic rings. The second kappa shape index (κ2) is 4.45. The van der Waals surface area contributed by atoms with Crippen molar-refractivity contribution in [1.29, 1.82) is 0 Å². The van der Waals surface area contributed by atoms with E-state index in [0.717, 1.165) is 0 Å². The lowest BCUT2D eigenvalue weighted by Crippen LogP contribution is -2.32. The van der Waals surface area contributed by atoms with Crippen LogP contribution in [0, 0.1) is 0 Å². The lowest BCUT2D eigenvalue weighted by atomic mass is 10.0. The van der Waals surface area contributed by atoms with Gasteiger partial charge in [0.2, 0.25) is 0 Å². The van der Waals surface area contributed by atoms with Gasteiger partial charge in [0.25, 0.3) is 0 Å². The van der Waals surface area contributed by atoms with E-state index in [4.69, 9.17) is 0 Å². The van der Waals surface area contributed by atoms with Crippen molar-refractivity contribution in [3.05, 3.63) is 0 Å². The molecule has 0 fully saturated rings. The molecule has 64 valence electrons. The molecule has 11 heavy (non-hydrogen) atoms. The van der Waals surface area contributed by atoms with E-state index in [2.05, 4.69) is 4.74 Å². The Morgan fingerprint density at radius 3 is 2.00 bits per heavy atom. The average molecular weight is 176 g/mol. The largest absolute Gasteiger partial charge is 0.468 e. The predicted molar refractivity (Wildman–Crippen MR) is 42.9 cm³/mol. The number of hydrogen-bond donors (Lipinski definition) is 0. The Hall–Kier alpha value is -0.430. The molecule has 0 rings (SSSR count). The summed E-state index contributed by atoms with van der Waals surface area (Å²) in [5.74, 6) is -0.390. The maximum atomic E-state index is 11.1. The third-order valence-corrected chi connectivity index (χ3v) is 3.07. The molecule has 0 N–H and O–H groups in total. The number of carbonyl (C=O) groups is 1. The van der Waals surface area contributed by atoms with Gasteiger partial charge >= 0.3 is 5.97 Å². The van der Waals surface area contributed by atoms with Crippen molar-refractivity contribution >= 4 is 14.4 Å². The molecule has 0 atom stereocenters. The highest BCUT2D eigenvalue weighted by Crippen LogP contribution is 2.31. The Labute approximate surface area is 68.3 Å². The maximum absolute atomic E-state index is 11.1. The summed E-state index contributed by atoms with van der Waals surface area (Å²) in [6.45, 7) is 3.65. The van der Waals surface area contributed by atoms with Crippen molar-refractivity contribution in [2.75, 3.05) is 7.11 Å². The molecule has 3 nitrogen and oxygen atoms in total. The van der Waals surface area contributed by atoms with E-state index >= 15 is 0 Å². The standard InChI is InChI=1S/C7H13O3P/c1-4-7(5-2,11-9)6(8)10-3/h4-5H2,1-3H3. The van der Waals surface area contributed by atoms with Gasteiger partial charge in [-0.05, 0) is 12.8 Å². The number of esters is 1. The van der Waals surface area contributed by atoms with Gasteiger partial charge < -0.3 is 4.74 Å². The lowest BCUT2D eigenvalue weighted by molar-refractivity contribution is -0.143. The topological polar surface area (TPSA) is 43.4 Å². The first-order valence-corrected chi connectivity index (χ1v) is 4.41. The van der Waals surface area contributed by atoms with Crippen LogP contribution in [0.25, 0.3) is 0 Å². The van der Waals surface area contributed by atoms with Crippen molar-refractivity contribution in [3.63, 3.8) is 0 Å². The first-order chi connectivity index (χ1) is 5.16. The summed E-state index contributed by atoms with van der Waals surface area (Å²) in [5, 5.41) is -0.811. The molecule has 0 aliphatic carbocycles. The van der Waals surface area contributed by atoms with E-state index in [1.54, 1.807) is 0 Å². The van der Waals surface area contributed by atoms with Crippen molar-refractivity contribution < 1.29 is 14.1 Å². The lowest BCUT2D eigenvalue weighted by Gasteiger charge is -2.19. The first kappa shape index (κ1) is 10.6. The Balaban J connectivity index is 4.53. The highest BCUT2D eigenvalue weighted by Gasteiger charge is 2.36. The third kappa shape index (κ3) is 2.00. The predicted octanol–water partition coefficient (Wildman–Crippen LogP) is 2.01. The average Bonchev–Trinajstić information content (AvgIpc) is 2.08. The molecule has 0 amide bonds. The molecule has 0 spiro atoms. The molecule has 0 aliphatic heterocycles. The van der Waals surface area contributed by atoms with Crippen LogP contribution in [0.5, 0.6) is 0 Å². The Morgan fingerprint density at radius 1 is 1.45 bits per heavy atom. The van der Waals surface area contributed by atoms with Crippen LogP contribution in [-0.2, 0) is 14.1 Å². The monoisotopic (exact) mass is 176 g/mol. The summed E-state index contributed by atoms with van der Waals surface area (Å²) in [6.07, 6.45) is 1.09. The molecule has 0 aliphatic rings. The molecule has 0 unspecified atom stereocenters. The Morgan fingerprint density at radius 2 is 1.91 bits per heavy atom. The highest BCUT2D eigenvalue weighted by atomic mass is 31.1. The zero-order valence-corrected chi connectivity index (χ0v) is 7.98. The molecule has 0 heterocycles. The van der Waals surface area contributed by atoms with Crippen molar-refractivity contribution in [1.82, 2.24) is 0 Å². The quantitative estimate of drug-likeness (QED) is 0.486. The van der Waals surface area contributed by atoms with Crippen LogP contribution >= 0.6 is 8.46 Å². The van der Waals surface area contributed by atoms with Gasteiger partial charge in [0, 0.05) is 0 Å². The fourth-order valence-electron chi connectivity index (χ4n) is 0.895. The number of hydrogen-bond acceptors (Lipinski definition) is 3. The normalized spacial score (nSPS) is 11.5. The van der Waals surface area contributed by atoms with Crippen LogP contribution in [0.15, 0.2) is 0 Å². The van der Waals surface area contributed by atoms with Gasteiger partial charge in [-0.3, -0.25) is 9.36 Å². The Bertz CT molecular complexity index is 152. The molecule has 0 radical (unpaired) electrons. The minimum absolute atomic E-state index is 0.146. The van der Waals surface area contributed by atoms with E-state index in [1.165, 1.54) is 7.11 Å². The fraction of sp³-hybridized carbons (Fsp3) is 0.857. The zero-order chi connectivity index (χ0) is 8.91. The minimum atomic E-state index is -0.811. The molecular formula is C7H13O3P. The molecule has 0 bridgehead atoms. The van der Waals surface area contributed by atoms with E-state index < -0.39 is 5.16 Å². The van der Waals surface area contributed by atoms with E-state index in [0.29, 0.717) is 12.8 Å². The van der Waals surface area contributed by atoms with E-state index in [1.807, 2.05) is 13.8 Å². The second-order valence-electron chi connectivity index (χ2n) is 2.32. The summed E-state index contributed by atoms with van der Waals surface area (Å²) in [4.78, 5) is 11.1. The van der Waals surface area contributed by atoms with Crippen LogP contribution in [0.1, 0.15) is 26.7 Å². The first-order valence-electron chi connectivity index (χ1n) is 3.59. The van der Waals surface area contributed by atoms with Crippen molar-refractivity contribution in [3.8, 4) is 0 Å². The van der Waals surface area contributed by atoms with Gasteiger partial charge in [0.05, 0.1) is 7.11 Å². The van der Waals surface area contributed by atoms with Gasteiger partial charge in [0.15, 0.2) is 8.46 Å². The molecule has 0 saturated heterocycles. The Kier molecular flexibility index (Phi) is 4.27. The van der Waals surface area contributed by atoms with Gasteiger partial charge in [0.1, 0.15) is 5.16 Å². The van der Waals surface area contributed by atoms with Crippen LogP contribution in [0.4, 0.5) is 0 Å². The number of carbonyl (C=O) groups excluding carboxylic acids is 1. The van der Waals surface area contributed by atoms with Gasteiger partial charge in [-0.25, -0.2) is 0 Å². The number of ether oxygens (including phenoxy) is 1. The van der Waals surface area contributed by atoms with Crippen molar-refractivity contribution in [2.45, 2.75) is 31.8 Å². The summed E-state index contributed by atoms with van der Waals surface area (Å²) in [6, 6.07) is 0. The number of rotatable bonds is 4. The maximum Gasteiger partial charge on any atom is 0.323 e. The summed E-state index contributed by atoms with van der Waals surface area (Å²) in [5.41, 5.74) is 0. The highest BCUT2D eigenvalue weighted by molar-refractivity contribution is 7.27. The van der Waals surface area contributed by atoms with E-state index in [-0.39, 0.29) is 14.4 Å².